The molecule has 0 spiro atoms. The Balaban J connectivity index is 1.47. The van der Waals surface area contributed by atoms with Gasteiger partial charge >= 0.3 is 0 Å². The summed E-state index contributed by atoms with van der Waals surface area (Å²) in [5, 5.41) is 0. The largest absolute Gasteiger partial charge is 0.0730 e. The minimum atomic E-state index is 0.692. The SMILES string of the molecule is CCCc1ccc(C#CC=CC2CCC(c3ccc(CC)cc3)CC2)cc1. The molecule has 0 unspecified atom stereocenters. The van der Waals surface area contributed by atoms with Crippen molar-refractivity contribution in [3.8, 4) is 11.8 Å². The van der Waals surface area contributed by atoms with Crippen LogP contribution in [0.1, 0.15) is 74.1 Å². The topological polar surface area (TPSA) is 0 Å². The molecule has 0 bridgehead atoms. The Morgan fingerprint density at radius 2 is 1.52 bits per heavy atom. The second-order valence-corrected chi connectivity index (χ2v) is 7.78. The van der Waals surface area contributed by atoms with Gasteiger partial charge in [0.15, 0.2) is 0 Å². The molecule has 0 N–H and O–H groups in total. The van der Waals surface area contributed by atoms with Crippen LogP contribution in [0.3, 0.4) is 0 Å². The molecule has 0 heterocycles. The first-order valence-corrected chi connectivity index (χ1v) is 10.6. The fourth-order valence-electron chi connectivity index (χ4n) is 4.02. The molecule has 1 fully saturated rings. The molecule has 0 heteroatoms. The van der Waals surface area contributed by atoms with Gasteiger partial charge in [0, 0.05) is 5.56 Å². The van der Waals surface area contributed by atoms with Gasteiger partial charge in [-0.3, -0.25) is 0 Å². The maximum absolute atomic E-state index is 3.26. The average molecular weight is 357 g/mol. The van der Waals surface area contributed by atoms with Gasteiger partial charge in [-0.15, -0.1) is 0 Å². The molecular weight excluding hydrogens is 324 g/mol. The van der Waals surface area contributed by atoms with Crippen molar-refractivity contribution in [3.63, 3.8) is 0 Å². The molecule has 0 aromatic heterocycles. The molecule has 1 aliphatic carbocycles. The summed E-state index contributed by atoms with van der Waals surface area (Å²) in [6, 6.07) is 18.0. The van der Waals surface area contributed by atoms with E-state index in [2.05, 4.69) is 86.4 Å². The van der Waals surface area contributed by atoms with Crippen LogP contribution in [0.25, 0.3) is 0 Å². The minimum Gasteiger partial charge on any atom is -0.0730 e. The van der Waals surface area contributed by atoms with Crippen LogP contribution in [0.4, 0.5) is 0 Å². The Morgan fingerprint density at radius 1 is 0.852 bits per heavy atom. The number of rotatable bonds is 5. The van der Waals surface area contributed by atoms with Gasteiger partial charge in [0.05, 0.1) is 0 Å². The minimum absolute atomic E-state index is 0.692. The highest BCUT2D eigenvalue weighted by atomic mass is 14.2. The first-order valence-electron chi connectivity index (χ1n) is 10.6. The summed E-state index contributed by atoms with van der Waals surface area (Å²) in [5.41, 5.74) is 5.48. The highest BCUT2D eigenvalue weighted by Crippen LogP contribution is 2.36. The van der Waals surface area contributed by atoms with E-state index in [0.717, 1.165) is 24.3 Å². The highest BCUT2D eigenvalue weighted by molar-refractivity contribution is 5.38. The van der Waals surface area contributed by atoms with Gasteiger partial charge in [0.2, 0.25) is 0 Å². The third kappa shape index (κ3) is 5.86. The van der Waals surface area contributed by atoms with E-state index in [1.165, 1.54) is 48.8 Å². The Hall–Kier alpha value is -2.26. The van der Waals surface area contributed by atoms with Crippen LogP contribution in [0.15, 0.2) is 60.7 Å². The van der Waals surface area contributed by atoms with Crippen molar-refractivity contribution in [2.45, 2.75) is 64.7 Å². The van der Waals surface area contributed by atoms with E-state index >= 15 is 0 Å². The van der Waals surface area contributed by atoms with Gasteiger partial charge in [0.1, 0.15) is 0 Å². The van der Waals surface area contributed by atoms with Gasteiger partial charge in [-0.1, -0.05) is 74.6 Å². The Bertz CT molecular complexity index is 773. The van der Waals surface area contributed by atoms with Gasteiger partial charge in [-0.05, 0) is 85.3 Å². The number of hydrogen-bond donors (Lipinski definition) is 0. The van der Waals surface area contributed by atoms with Crippen molar-refractivity contribution < 1.29 is 0 Å². The van der Waals surface area contributed by atoms with Crippen LogP contribution in [-0.2, 0) is 12.8 Å². The van der Waals surface area contributed by atoms with Crippen LogP contribution in [-0.4, -0.2) is 0 Å². The Kier molecular flexibility index (Phi) is 7.35. The third-order valence-electron chi connectivity index (χ3n) is 5.79. The molecule has 0 aliphatic heterocycles. The first kappa shape index (κ1) is 19.5. The lowest BCUT2D eigenvalue weighted by molar-refractivity contribution is 0.376. The van der Waals surface area contributed by atoms with Crippen LogP contribution in [0.2, 0.25) is 0 Å². The van der Waals surface area contributed by atoms with Gasteiger partial charge in [-0.2, -0.15) is 0 Å². The quantitative estimate of drug-likeness (QED) is 0.502. The molecule has 1 saturated carbocycles. The van der Waals surface area contributed by atoms with Crippen LogP contribution >= 0.6 is 0 Å². The van der Waals surface area contributed by atoms with Crippen LogP contribution < -0.4 is 0 Å². The zero-order valence-corrected chi connectivity index (χ0v) is 16.9. The lowest BCUT2D eigenvalue weighted by Crippen LogP contribution is -2.11. The predicted molar refractivity (Wildman–Crippen MR) is 117 cm³/mol. The number of hydrogen-bond acceptors (Lipinski definition) is 0. The average Bonchev–Trinajstić information content (AvgIpc) is 2.73. The predicted octanol–water partition coefficient (Wildman–Crippen LogP) is 7.08. The molecule has 0 amide bonds. The monoisotopic (exact) mass is 356 g/mol. The molecule has 0 atom stereocenters. The zero-order valence-electron chi connectivity index (χ0n) is 16.9. The zero-order chi connectivity index (χ0) is 18.9. The van der Waals surface area contributed by atoms with Gasteiger partial charge < -0.3 is 0 Å². The third-order valence-corrected chi connectivity index (χ3v) is 5.79. The second kappa shape index (κ2) is 10.2. The van der Waals surface area contributed by atoms with Crippen molar-refractivity contribution in [2.24, 2.45) is 5.92 Å². The van der Waals surface area contributed by atoms with E-state index in [1.54, 1.807) is 0 Å². The second-order valence-electron chi connectivity index (χ2n) is 7.78. The van der Waals surface area contributed by atoms with E-state index in [9.17, 15) is 0 Å². The van der Waals surface area contributed by atoms with Crippen molar-refractivity contribution in [1.29, 1.82) is 0 Å². The summed E-state index contributed by atoms with van der Waals surface area (Å²) in [4.78, 5) is 0. The van der Waals surface area contributed by atoms with Crippen molar-refractivity contribution in [3.05, 3.63) is 82.9 Å². The van der Waals surface area contributed by atoms with E-state index in [-0.39, 0.29) is 0 Å². The molecule has 2 aromatic rings. The smallest absolute Gasteiger partial charge is 0.0249 e. The standard InChI is InChI=1S/C27H32/c1-3-7-23-10-12-24(13-11-23)8-5-6-9-25-16-20-27(21-17-25)26-18-14-22(4-2)15-19-26/h6,9-15,18-19,25,27H,3-4,7,16-17,20-21H2,1-2H3. The molecule has 1 aliphatic rings. The first-order chi connectivity index (χ1) is 13.3. The van der Waals surface area contributed by atoms with E-state index in [1.807, 2.05) is 0 Å². The summed E-state index contributed by atoms with van der Waals surface area (Å²) in [5.74, 6) is 7.92. The maximum atomic E-state index is 3.26. The lowest BCUT2D eigenvalue weighted by Gasteiger charge is -2.27. The Morgan fingerprint density at radius 3 is 2.15 bits per heavy atom. The Labute approximate surface area is 165 Å². The van der Waals surface area contributed by atoms with Crippen molar-refractivity contribution in [1.82, 2.24) is 0 Å². The van der Waals surface area contributed by atoms with Crippen LogP contribution in [0, 0.1) is 17.8 Å². The fraction of sp³-hybridized carbons (Fsp3) is 0.407. The van der Waals surface area contributed by atoms with E-state index in [0.29, 0.717) is 5.92 Å². The highest BCUT2D eigenvalue weighted by Gasteiger charge is 2.20. The molecule has 0 radical (unpaired) electrons. The molecule has 140 valence electrons. The lowest BCUT2D eigenvalue weighted by atomic mass is 9.78. The van der Waals surface area contributed by atoms with Crippen molar-refractivity contribution >= 4 is 0 Å². The molecule has 0 nitrogen and oxygen atoms in total. The fourth-order valence-corrected chi connectivity index (χ4v) is 4.02. The number of aryl methyl sites for hydroxylation is 2. The van der Waals surface area contributed by atoms with E-state index in [4.69, 9.17) is 0 Å². The van der Waals surface area contributed by atoms with Crippen LogP contribution in [0.5, 0.6) is 0 Å². The normalized spacial score (nSPS) is 19.6. The number of allylic oxidation sites excluding steroid dienone is 2. The molecule has 0 saturated heterocycles. The van der Waals surface area contributed by atoms with Crippen molar-refractivity contribution in [2.75, 3.05) is 0 Å². The summed E-state index contributed by atoms with van der Waals surface area (Å²) < 4.78 is 0. The molecule has 2 aromatic carbocycles. The van der Waals surface area contributed by atoms with E-state index < -0.39 is 0 Å². The molecule has 3 rings (SSSR count). The summed E-state index contributed by atoms with van der Waals surface area (Å²) >= 11 is 0. The molecule has 27 heavy (non-hydrogen) atoms. The maximum Gasteiger partial charge on any atom is 0.0249 e. The summed E-state index contributed by atoms with van der Waals surface area (Å²) in [6.45, 7) is 4.44. The molecular formula is C27H32. The van der Waals surface area contributed by atoms with Gasteiger partial charge in [0.25, 0.3) is 0 Å². The summed E-state index contributed by atoms with van der Waals surface area (Å²) in [6.07, 6.45) is 13.0. The summed E-state index contributed by atoms with van der Waals surface area (Å²) in [7, 11) is 0. The number of benzene rings is 2. The van der Waals surface area contributed by atoms with Gasteiger partial charge in [-0.25, -0.2) is 0 Å².